The molecule has 0 saturated heterocycles. The van der Waals surface area contributed by atoms with E-state index in [1.807, 2.05) is 0 Å². The highest BCUT2D eigenvalue weighted by Gasteiger charge is 2.27. The van der Waals surface area contributed by atoms with Crippen LogP contribution in [0.25, 0.3) is 0 Å². The van der Waals surface area contributed by atoms with Gasteiger partial charge < -0.3 is 31.4 Å². The fourth-order valence-electron chi connectivity index (χ4n) is 2.70. The van der Waals surface area contributed by atoms with Gasteiger partial charge in [0.15, 0.2) is 28.4 Å². The van der Waals surface area contributed by atoms with Crippen molar-refractivity contribution in [3.63, 3.8) is 0 Å². The first kappa shape index (κ1) is 34.1. The van der Waals surface area contributed by atoms with Crippen molar-refractivity contribution in [2.45, 2.75) is 65.6 Å². The van der Waals surface area contributed by atoms with Crippen molar-refractivity contribution in [2.24, 2.45) is 10.7 Å². The number of halogens is 1. The van der Waals surface area contributed by atoms with Crippen molar-refractivity contribution in [2.75, 3.05) is 37.8 Å². The van der Waals surface area contributed by atoms with Gasteiger partial charge in [-0.15, -0.1) is 0 Å². The first-order valence-corrected chi connectivity index (χ1v) is 12.6. The van der Waals surface area contributed by atoms with Crippen LogP contribution in [0.2, 0.25) is 5.15 Å². The molecule has 0 bridgehead atoms. The van der Waals surface area contributed by atoms with Crippen LogP contribution in [0.3, 0.4) is 0 Å². The third-order valence-electron chi connectivity index (χ3n) is 4.26. The van der Waals surface area contributed by atoms with E-state index in [1.165, 1.54) is 0 Å². The Morgan fingerprint density at radius 1 is 0.975 bits per heavy atom. The van der Waals surface area contributed by atoms with E-state index in [0.717, 1.165) is 4.90 Å². The maximum Gasteiger partial charge on any atom is 0.417 e. The number of nitrogens with zero attached hydrogens (tertiary/aromatic N) is 4. The number of aliphatic imine (C=N–C) groups is 1. The summed E-state index contributed by atoms with van der Waals surface area (Å²) in [5.41, 5.74) is 15.0. The minimum atomic E-state index is -0.869. The molecular weight excluding hydrogens is 548 g/mol. The Bertz CT molecular complexity index is 1100. The molecular formula is C23H39ClN10O6. The smallest absolute Gasteiger partial charge is 0.417 e. The normalized spacial score (nSPS) is 11.9. The van der Waals surface area contributed by atoms with Gasteiger partial charge >= 0.3 is 12.2 Å². The lowest BCUT2D eigenvalue weighted by Crippen LogP contribution is -2.49. The molecule has 0 aliphatic rings. The van der Waals surface area contributed by atoms with Crippen LogP contribution in [0.5, 0.6) is 0 Å². The average Bonchev–Trinajstić information content (AvgIpc) is 2.77. The van der Waals surface area contributed by atoms with Crippen LogP contribution in [0.4, 0.5) is 21.2 Å². The summed E-state index contributed by atoms with van der Waals surface area (Å²) in [4.78, 5) is 49.4. The Balaban J connectivity index is 2.50. The molecule has 1 aromatic rings. The Kier molecular flexibility index (Phi) is 12.8. The van der Waals surface area contributed by atoms with Gasteiger partial charge in [0.25, 0.3) is 5.91 Å². The first-order chi connectivity index (χ1) is 18.4. The van der Waals surface area contributed by atoms with E-state index in [2.05, 4.69) is 25.6 Å². The molecule has 0 fully saturated rings. The van der Waals surface area contributed by atoms with Gasteiger partial charge in [-0.2, -0.15) is 0 Å². The Hall–Kier alpha value is -3.92. The number of nitrogens with two attached hydrogens (primary N) is 3. The number of rotatable bonds is 9. The van der Waals surface area contributed by atoms with Crippen LogP contribution in [-0.2, 0) is 14.2 Å². The van der Waals surface area contributed by atoms with Crippen molar-refractivity contribution < 1.29 is 28.6 Å². The van der Waals surface area contributed by atoms with E-state index in [1.54, 1.807) is 41.5 Å². The summed E-state index contributed by atoms with van der Waals surface area (Å²) in [5.74, 6) is -1.70. The fraction of sp³-hybridized carbons (Fsp3) is 0.609. The number of carbonyl (C=O) groups is 3. The monoisotopic (exact) mass is 586 g/mol. The third-order valence-corrected chi connectivity index (χ3v) is 4.54. The number of amides is 3. The molecule has 0 aliphatic carbocycles. The molecule has 224 valence electrons. The number of hydrogen-bond acceptors (Lipinski definition) is 12. The van der Waals surface area contributed by atoms with Gasteiger partial charge in [0.1, 0.15) is 11.2 Å². The van der Waals surface area contributed by atoms with Crippen molar-refractivity contribution in [3.8, 4) is 0 Å². The quantitative estimate of drug-likeness (QED) is 0.138. The minimum absolute atomic E-state index is 0.0435. The largest absolute Gasteiger partial charge is 0.444 e. The van der Waals surface area contributed by atoms with Gasteiger partial charge in [0.2, 0.25) is 5.96 Å². The number of hydrogen-bond donors (Lipinski definition) is 6. The highest BCUT2D eigenvalue weighted by Crippen LogP contribution is 2.17. The Morgan fingerprint density at radius 3 is 2.17 bits per heavy atom. The topological polar surface area (TPSA) is 246 Å². The van der Waals surface area contributed by atoms with E-state index in [9.17, 15) is 14.4 Å². The number of nitrogens with one attached hydrogen (secondary N) is 3. The predicted molar refractivity (Wildman–Crippen MR) is 150 cm³/mol. The number of alkyl carbamates (subject to hydrolysis) is 1. The molecule has 1 rings (SSSR count). The molecule has 0 spiro atoms. The lowest BCUT2D eigenvalue weighted by Gasteiger charge is -2.28. The lowest BCUT2D eigenvalue weighted by molar-refractivity contribution is 0.0341. The molecule has 0 aliphatic heterocycles. The van der Waals surface area contributed by atoms with E-state index in [4.69, 9.17) is 48.4 Å². The van der Waals surface area contributed by atoms with Crippen molar-refractivity contribution in [1.29, 1.82) is 5.41 Å². The number of aromatic nitrogens is 2. The van der Waals surface area contributed by atoms with Crippen molar-refractivity contribution in [1.82, 2.24) is 25.5 Å². The number of ether oxygens (including phenoxy) is 3. The highest BCUT2D eigenvalue weighted by molar-refractivity contribution is 6.31. The molecule has 17 heteroatoms. The first-order valence-electron chi connectivity index (χ1n) is 12.3. The van der Waals surface area contributed by atoms with Gasteiger partial charge in [-0.1, -0.05) is 11.6 Å². The van der Waals surface area contributed by atoms with E-state index in [-0.39, 0.29) is 48.1 Å². The standard InChI is InChI=1S/C23H39ClN10O6/c1-22(2,3)39-20(36)33-19(28)34(21(37)40-23(4,5)6)10-8-12-38-11-7-9-29-18(27)32-17(35)13-15(25)31-16(26)14(24)30-13/h7-12H2,1-6H3,(H4,25,26,31)(H2,28,33,36)(H3,27,29,32,35). The molecule has 16 nitrogen and oxygen atoms in total. The fourth-order valence-corrected chi connectivity index (χ4v) is 2.82. The molecule has 0 saturated carbocycles. The second kappa shape index (κ2) is 15.0. The summed E-state index contributed by atoms with van der Waals surface area (Å²) in [6.45, 7) is 10.9. The number of guanidine groups is 2. The van der Waals surface area contributed by atoms with E-state index < -0.39 is 35.3 Å². The SMILES string of the molecule is CC(C)(C)OC(=O)NC(=N)N(CCCOCCCN=C(N)NC(=O)c1nc(Cl)c(N)nc1N)C(=O)OC(C)(C)C. The summed E-state index contributed by atoms with van der Waals surface area (Å²) >= 11 is 5.77. The van der Waals surface area contributed by atoms with Crippen molar-refractivity contribution >= 4 is 53.2 Å². The maximum absolute atomic E-state index is 12.6. The number of nitrogen functional groups attached to an aromatic ring is 2. The molecule has 1 aromatic heterocycles. The van der Waals surface area contributed by atoms with E-state index >= 15 is 0 Å². The van der Waals surface area contributed by atoms with Gasteiger partial charge in [0.05, 0.1) is 0 Å². The zero-order valence-corrected chi connectivity index (χ0v) is 24.3. The zero-order valence-electron chi connectivity index (χ0n) is 23.6. The van der Waals surface area contributed by atoms with Gasteiger partial charge in [-0.3, -0.25) is 25.8 Å². The third kappa shape index (κ3) is 13.2. The second-order valence-electron chi connectivity index (χ2n) is 10.3. The van der Waals surface area contributed by atoms with Crippen LogP contribution in [-0.4, -0.2) is 82.4 Å². The molecule has 0 atom stereocenters. The van der Waals surface area contributed by atoms with Gasteiger partial charge in [-0.05, 0) is 54.4 Å². The molecule has 0 unspecified atom stereocenters. The van der Waals surface area contributed by atoms with E-state index in [0.29, 0.717) is 19.4 Å². The van der Waals surface area contributed by atoms with Crippen LogP contribution in [0, 0.1) is 5.41 Å². The van der Waals surface area contributed by atoms with Crippen LogP contribution >= 0.6 is 11.6 Å². The lowest BCUT2D eigenvalue weighted by atomic mass is 10.2. The Morgan fingerprint density at radius 2 is 1.57 bits per heavy atom. The van der Waals surface area contributed by atoms with Crippen LogP contribution < -0.4 is 27.8 Å². The summed E-state index contributed by atoms with van der Waals surface area (Å²) < 4.78 is 16.0. The Labute approximate surface area is 237 Å². The molecule has 3 amide bonds. The zero-order chi connectivity index (χ0) is 30.7. The molecule has 0 radical (unpaired) electrons. The molecule has 0 aromatic carbocycles. The summed E-state index contributed by atoms with van der Waals surface area (Å²) in [6.07, 6.45) is -0.856. The van der Waals surface area contributed by atoms with Crippen LogP contribution in [0.1, 0.15) is 64.9 Å². The molecule has 1 heterocycles. The van der Waals surface area contributed by atoms with Crippen LogP contribution in [0.15, 0.2) is 4.99 Å². The summed E-state index contributed by atoms with van der Waals surface area (Å²) in [7, 11) is 0. The predicted octanol–water partition coefficient (Wildman–Crippen LogP) is 1.83. The van der Waals surface area contributed by atoms with Gasteiger partial charge in [-0.25, -0.2) is 24.5 Å². The van der Waals surface area contributed by atoms with Crippen molar-refractivity contribution in [3.05, 3.63) is 10.8 Å². The molecule has 40 heavy (non-hydrogen) atoms. The van der Waals surface area contributed by atoms with Gasteiger partial charge in [0, 0.05) is 26.3 Å². The summed E-state index contributed by atoms with van der Waals surface area (Å²) in [6, 6.07) is 0. The second-order valence-corrected chi connectivity index (χ2v) is 10.6. The highest BCUT2D eigenvalue weighted by atomic mass is 35.5. The summed E-state index contributed by atoms with van der Waals surface area (Å²) in [5, 5.41) is 12.6. The molecule has 9 N–H and O–H groups in total. The number of carbonyl (C=O) groups excluding carboxylic acids is 3. The minimum Gasteiger partial charge on any atom is -0.444 e. The number of anilines is 2. The maximum atomic E-state index is 12.6. The average molecular weight is 587 g/mol.